The van der Waals surface area contributed by atoms with Crippen LogP contribution in [0.5, 0.6) is 11.5 Å². The quantitative estimate of drug-likeness (QED) is 0.227. The number of ether oxygens (including phenoxy) is 4. The van der Waals surface area contributed by atoms with Crippen molar-refractivity contribution in [2.45, 2.75) is 58.2 Å². The van der Waals surface area contributed by atoms with E-state index < -0.39 is 29.6 Å². The first-order valence-electron chi connectivity index (χ1n) is 13.5. The summed E-state index contributed by atoms with van der Waals surface area (Å²) in [6.45, 7) is 8.44. The van der Waals surface area contributed by atoms with E-state index in [-0.39, 0.29) is 119 Å². The van der Waals surface area contributed by atoms with Crippen molar-refractivity contribution >= 4 is 18.0 Å². The van der Waals surface area contributed by atoms with E-state index in [0.29, 0.717) is 29.9 Å². The van der Waals surface area contributed by atoms with Crippen LogP contribution in [0.25, 0.3) is 6.08 Å². The number of benzene rings is 1. The summed E-state index contributed by atoms with van der Waals surface area (Å²) in [6, 6.07) is 5.27. The molecular formula is C31H40Ac2O8. The number of carbonyl (C=O) groups is 2. The van der Waals surface area contributed by atoms with Crippen LogP contribution in [0.2, 0.25) is 0 Å². The van der Waals surface area contributed by atoms with Crippen LogP contribution < -0.4 is 9.47 Å². The minimum atomic E-state index is -0.795. The number of aliphatic hydroxyl groups excluding tert-OH is 2. The number of carbonyl (C=O) groups excluding carboxylic acids is 2. The van der Waals surface area contributed by atoms with Crippen molar-refractivity contribution in [2.75, 3.05) is 27.4 Å². The summed E-state index contributed by atoms with van der Waals surface area (Å²) in [5, 5.41) is 21.0. The van der Waals surface area contributed by atoms with Gasteiger partial charge in [0.1, 0.15) is 6.61 Å². The molecule has 4 rings (SSSR count). The average molecular weight is 995 g/mol. The molecular weight excluding hydrogens is 954 g/mol. The van der Waals surface area contributed by atoms with E-state index in [1.165, 1.54) is 13.2 Å². The molecule has 1 heterocycles. The van der Waals surface area contributed by atoms with E-state index in [4.69, 9.17) is 18.9 Å². The molecule has 218 valence electrons. The fraction of sp³-hybridized carbons (Fsp3) is 0.548. The Bertz CT molecular complexity index is 1180. The Morgan fingerprint density at radius 1 is 1.17 bits per heavy atom. The maximum Gasteiger partial charge on any atom is 0.337 e. The first-order valence-corrected chi connectivity index (χ1v) is 13.5. The van der Waals surface area contributed by atoms with Gasteiger partial charge in [-0.3, -0.25) is 0 Å². The molecule has 1 aromatic carbocycles. The zero-order valence-electron chi connectivity index (χ0n) is 24.4. The smallest absolute Gasteiger partial charge is 0.337 e. The van der Waals surface area contributed by atoms with E-state index in [2.05, 4.69) is 13.5 Å². The van der Waals surface area contributed by atoms with E-state index >= 15 is 0 Å². The van der Waals surface area contributed by atoms with Gasteiger partial charge in [-0.2, -0.15) is 0 Å². The Hall–Kier alpha value is -0.217. The monoisotopic (exact) mass is 994 g/mol. The molecule has 0 amide bonds. The Labute approximate surface area is 314 Å². The molecule has 8 nitrogen and oxygen atoms in total. The summed E-state index contributed by atoms with van der Waals surface area (Å²) in [7, 11) is 3.09. The Morgan fingerprint density at radius 2 is 1.88 bits per heavy atom. The average Bonchev–Trinajstić information content (AvgIpc) is 3.27. The third-order valence-electron chi connectivity index (χ3n) is 9.29. The van der Waals surface area contributed by atoms with Crippen LogP contribution in [0.3, 0.4) is 0 Å². The van der Waals surface area contributed by atoms with Gasteiger partial charge in [-0.1, -0.05) is 38.1 Å². The molecule has 2 aliphatic carbocycles. The van der Waals surface area contributed by atoms with Gasteiger partial charge in [-0.15, -0.1) is 0 Å². The van der Waals surface area contributed by atoms with Crippen molar-refractivity contribution in [3.8, 4) is 11.5 Å². The molecule has 1 saturated heterocycles. The number of aliphatic hydroxyl groups is 2. The van der Waals surface area contributed by atoms with E-state index in [1.807, 2.05) is 13.0 Å². The molecule has 2 saturated carbocycles. The number of cyclic esters (lactones) is 1. The largest absolute Gasteiger partial charge is 0.493 e. The predicted octanol–water partition coefficient (Wildman–Crippen LogP) is 4.24. The van der Waals surface area contributed by atoms with Gasteiger partial charge < -0.3 is 29.2 Å². The molecule has 3 unspecified atom stereocenters. The zero-order valence-corrected chi connectivity index (χ0v) is 33.9. The van der Waals surface area contributed by atoms with Crippen LogP contribution in [0.1, 0.15) is 51.5 Å². The van der Waals surface area contributed by atoms with Crippen molar-refractivity contribution < 1.29 is 127 Å². The maximum atomic E-state index is 12.6. The Kier molecular flexibility index (Phi) is 14.1. The second-order valence-corrected chi connectivity index (χ2v) is 11.4. The number of esters is 2. The molecule has 41 heavy (non-hydrogen) atoms. The molecule has 0 aromatic heterocycles. The van der Waals surface area contributed by atoms with Gasteiger partial charge in [-0.25, -0.2) is 9.59 Å². The first kappa shape index (κ1) is 37.0. The standard InChI is InChI=1S/C31H40O8.2Ac/c1-19-6-12-26-30(2,15-14-27(33)31(26,3)18-32)22(19)10-9-21-25(17-38-29(21)35)39-28(34)13-8-20-7-11-23(36-4)24(16-20)37-5;;/h7-9,11,13,16,22,25-27,32-33H,1,6,10,12,14-15,17-18H2,2-5H3;;/b13-8+,21-9+;;/t22-,25?,26?,27?,30+,31-;;/m0../s1. The fourth-order valence-electron chi connectivity index (χ4n) is 6.95. The van der Waals surface area contributed by atoms with Crippen LogP contribution in [-0.2, 0) is 19.1 Å². The SMILES string of the molecule is C=C1CCC2[C@](C)(CO)C(O)CC[C@]2(C)[C@H]1C/C=C1/C(=O)OCC1OC(=O)/C=C/c1ccc(OC)c(OC)c1.[Ac].[Ac]. The summed E-state index contributed by atoms with van der Waals surface area (Å²) in [6.07, 6.45) is 7.03. The topological polar surface area (TPSA) is 112 Å². The molecule has 3 fully saturated rings. The number of methoxy groups -OCH3 is 2. The summed E-state index contributed by atoms with van der Waals surface area (Å²) in [4.78, 5) is 25.2. The van der Waals surface area contributed by atoms with Gasteiger partial charge in [0.25, 0.3) is 0 Å². The number of fused-ring (bicyclic) bond motifs is 1. The minimum absolute atomic E-state index is 0. The van der Waals surface area contributed by atoms with Gasteiger partial charge in [0.2, 0.25) is 0 Å². The molecule has 10 heteroatoms. The molecule has 0 bridgehead atoms. The number of allylic oxidation sites excluding steroid dienone is 2. The maximum absolute atomic E-state index is 12.6. The van der Waals surface area contributed by atoms with E-state index in [9.17, 15) is 19.8 Å². The first-order chi connectivity index (χ1) is 18.6. The van der Waals surface area contributed by atoms with Crippen molar-refractivity contribution in [1.29, 1.82) is 0 Å². The van der Waals surface area contributed by atoms with Gasteiger partial charge in [0, 0.05) is 99.6 Å². The minimum Gasteiger partial charge on any atom is -0.493 e. The summed E-state index contributed by atoms with van der Waals surface area (Å²) in [5.74, 6) is 0.238. The molecule has 6 atom stereocenters. The summed E-state index contributed by atoms with van der Waals surface area (Å²) in [5.41, 5.74) is 1.41. The molecule has 0 spiro atoms. The fourth-order valence-corrected chi connectivity index (χ4v) is 6.95. The number of hydrogen-bond donors (Lipinski definition) is 2. The van der Waals surface area contributed by atoms with Gasteiger partial charge >= 0.3 is 11.9 Å². The molecule has 3 aliphatic rings. The molecule has 2 N–H and O–H groups in total. The zero-order chi connectivity index (χ0) is 28.4. The van der Waals surface area contributed by atoms with Crippen LogP contribution in [0.4, 0.5) is 0 Å². The number of rotatable bonds is 8. The number of hydrogen-bond acceptors (Lipinski definition) is 8. The molecule has 2 radical (unpaired) electrons. The Balaban J connectivity index is 0.00000294. The van der Waals surface area contributed by atoms with Crippen LogP contribution in [0.15, 0.2) is 48.1 Å². The van der Waals surface area contributed by atoms with Crippen molar-refractivity contribution in [3.05, 3.63) is 53.6 Å². The third kappa shape index (κ3) is 7.72. The summed E-state index contributed by atoms with van der Waals surface area (Å²) < 4.78 is 21.4. The molecule has 1 aromatic rings. The van der Waals surface area contributed by atoms with Crippen molar-refractivity contribution in [2.24, 2.45) is 22.7 Å². The third-order valence-corrected chi connectivity index (χ3v) is 9.29. The van der Waals surface area contributed by atoms with Crippen molar-refractivity contribution in [1.82, 2.24) is 0 Å². The van der Waals surface area contributed by atoms with Crippen LogP contribution in [-0.4, -0.2) is 61.8 Å². The van der Waals surface area contributed by atoms with E-state index in [0.717, 1.165) is 30.4 Å². The van der Waals surface area contributed by atoms with E-state index in [1.54, 1.807) is 31.4 Å². The van der Waals surface area contributed by atoms with Gasteiger partial charge in [-0.05, 0) is 73.1 Å². The second-order valence-electron chi connectivity index (χ2n) is 11.4. The normalized spacial score (nSPS) is 32.0. The van der Waals surface area contributed by atoms with Crippen molar-refractivity contribution in [3.63, 3.8) is 0 Å². The van der Waals surface area contributed by atoms with Gasteiger partial charge in [0.05, 0.1) is 32.5 Å². The van der Waals surface area contributed by atoms with Crippen LogP contribution in [0, 0.1) is 111 Å². The Morgan fingerprint density at radius 3 is 2.54 bits per heavy atom. The van der Waals surface area contributed by atoms with Crippen LogP contribution >= 0.6 is 0 Å². The van der Waals surface area contributed by atoms with Gasteiger partial charge in [0.15, 0.2) is 17.6 Å². The molecule has 1 aliphatic heterocycles. The second kappa shape index (κ2) is 15.7. The summed E-state index contributed by atoms with van der Waals surface area (Å²) >= 11 is 0. The predicted molar refractivity (Wildman–Crippen MR) is 146 cm³/mol.